The van der Waals surface area contributed by atoms with E-state index < -0.39 is 10.0 Å². The van der Waals surface area contributed by atoms with Crippen LogP contribution >= 0.6 is 0 Å². The van der Waals surface area contributed by atoms with Gasteiger partial charge in [0.05, 0.1) is 12.4 Å². The summed E-state index contributed by atoms with van der Waals surface area (Å²) in [7, 11) is -3.19. The molecule has 1 heterocycles. The van der Waals surface area contributed by atoms with Crippen molar-refractivity contribution in [2.45, 2.75) is 50.6 Å². The Morgan fingerprint density at radius 1 is 1.22 bits per heavy atom. The van der Waals surface area contributed by atoms with Crippen molar-refractivity contribution < 1.29 is 13.5 Å². The molecule has 1 saturated carbocycles. The second-order valence-corrected chi connectivity index (χ2v) is 7.36. The fraction of sp³-hybridized carbons (Fsp3) is 1.00. The monoisotopic (exact) mass is 276 g/mol. The number of rotatable bonds is 7. The van der Waals surface area contributed by atoms with Crippen molar-refractivity contribution in [1.82, 2.24) is 9.62 Å². The van der Waals surface area contributed by atoms with E-state index in [0.29, 0.717) is 12.5 Å². The fourth-order valence-electron chi connectivity index (χ4n) is 2.59. The lowest BCUT2D eigenvalue weighted by Crippen LogP contribution is -2.40. The van der Waals surface area contributed by atoms with Gasteiger partial charge < -0.3 is 10.4 Å². The normalized spacial score (nSPS) is 25.6. The highest BCUT2D eigenvalue weighted by atomic mass is 32.2. The minimum atomic E-state index is -3.19. The van der Waals surface area contributed by atoms with Gasteiger partial charge in [-0.25, -0.2) is 8.42 Å². The Bertz CT molecular complexity index is 348. The van der Waals surface area contributed by atoms with Crippen LogP contribution in [0.25, 0.3) is 0 Å². The van der Waals surface area contributed by atoms with E-state index in [4.69, 9.17) is 5.11 Å². The lowest BCUT2D eigenvalue weighted by Gasteiger charge is -2.25. The van der Waals surface area contributed by atoms with Crippen LogP contribution in [0.2, 0.25) is 0 Å². The van der Waals surface area contributed by atoms with E-state index in [1.165, 1.54) is 17.1 Å². The van der Waals surface area contributed by atoms with Crippen molar-refractivity contribution in [2.24, 2.45) is 0 Å². The summed E-state index contributed by atoms with van der Waals surface area (Å²) >= 11 is 0. The van der Waals surface area contributed by atoms with Crippen molar-refractivity contribution >= 4 is 10.0 Å². The third kappa shape index (κ3) is 3.91. The Hall–Kier alpha value is -0.170. The third-order valence-corrected chi connectivity index (χ3v) is 5.72. The molecule has 18 heavy (non-hydrogen) atoms. The van der Waals surface area contributed by atoms with E-state index in [9.17, 15) is 8.42 Å². The Morgan fingerprint density at radius 3 is 2.56 bits per heavy atom. The summed E-state index contributed by atoms with van der Waals surface area (Å²) in [5, 5.41) is 12.4. The summed E-state index contributed by atoms with van der Waals surface area (Å²) in [6.07, 6.45) is 6.06. The van der Waals surface area contributed by atoms with Gasteiger partial charge in [-0.2, -0.15) is 4.31 Å². The van der Waals surface area contributed by atoms with Gasteiger partial charge >= 0.3 is 0 Å². The quantitative estimate of drug-likeness (QED) is 0.702. The first kappa shape index (κ1) is 14.2. The first-order valence-corrected chi connectivity index (χ1v) is 8.58. The lowest BCUT2D eigenvalue weighted by molar-refractivity contribution is 0.250. The summed E-state index contributed by atoms with van der Waals surface area (Å²) in [6.45, 7) is 1.18. The molecule has 1 unspecified atom stereocenters. The number of aliphatic hydroxyl groups excluding tert-OH is 1. The molecule has 0 spiro atoms. The summed E-state index contributed by atoms with van der Waals surface area (Å²) in [4.78, 5) is 0. The summed E-state index contributed by atoms with van der Waals surface area (Å²) in [6, 6.07) is 0.505. The highest BCUT2D eigenvalue weighted by Gasteiger charge is 2.36. The second kappa shape index (κ2) is 6.32. The predicted octanol–water partition coefficient (Wildman–Crippen LogP) is 0.305. The number of sulfonamides is 1. The Kier molecular flexibility index (Phi) is 5.00. The molecule has 0 radical (unpaired) electrons. The summed E-state index contributed by atoms with van der Waals surface area (Å²) < 4.78 is 26.0. The zero-order valence-electron chi connectivity index (χ0n) is 10.8. The molecule has 1 atom stereocenters. The first-order valence-electron chi connectivity index (χ1n) is 6.97. The maximum Gasteiger partial charge on any atom is 0.214 e. The van der Waals surface area contributed by atoms with Crippen LogP contribution in [0.5, 0.6) is 0 Å². The predicted molar refractivity (Wildman–Crippen MR) is 70.9 cm³/mol. The van der Waals surface area contributed by atoms with Crippen LogP contribution in [0.1, 0.15) is 38.5 Å². The summed E-state index contributed by atoms with van der Waals surface area (Å²) in [5.74, 6) is 0.209. The van der Waals surface area contributed by atoms with Crippen LogP contribution in [0.3, 0.4) is 0 Å². The molecule has 2 aliphatic rings. The van der Waals surface area contributed by atoms with E-state index in [1.807, 2.05) is 0 Å². The van der Waals surface area contributed by atoms with E-state index in [1.54, 1.807) is 0 Å². The zero-order chi connectivity index (χ0) is 13.0. The molecule has 0 aromatic heterocycles. The SMILES string of the molecule is O=S(=O)(CCC1CCCCN1)N(CCO)C1CC1. The number of hydrogen-bond donors (Lipinski definition) is 2. The van der Waals surface area contributed by atoms with Gasteiger partial charge in [-0.05, 0) is 38.6 Å². The topological polar surface area (TPSA) is 69.6 Å². The Morgan fingerprint density at radius 2 is 2.00 bits per heavy atom. The molecule has 1 aliphatic heterocycles. The Balaban J connectivity index is 1.84. The standard InChI is InChI=1S/C12H24N2O3S/c15-9-8-14(12-4-5-12)18(16,17)10-6-11-3-1-2-7-13-11/h11-13,15H,1-10H2. The van der Waals surface area contributed by atoms with Crippen LogP contribution in [-0.4, -0.2) is 55.4 Å². The smallest absolute Gasteiger partial charge is 0.214 e. The van der Waals surface area contributed by atoms with Crippen molar-refractivity contribution in [2.75, 3.05) is 25.4 Å². The maximum absolute atomic E-state index is 12.2. The average molecular weight is 276 g/mol. The highest BCUT2D eigenvalue weighted by Crippen LogP contribution is 2.29. The van der Waals surface area contributed by atoms with Crippen LogP contribution in [-0.2, 0) is 10.0 Å². The summed E-state index contributed by atoms with van der Waals surface area (Å²) in [5.41, 5.74) is 0. The fourth-order valence-corrected chi connectivity index (χ4v) is 4.43. The van der Waals surface area contributed by atoms with E-state index in [2.05, 4.69) is 5.32 Å². The van der Waals surface area contributed by atoms with Gasteiger partial charge in [-0.3, -0.25) is 0 Å². The van der Waals surface area contributed by atoms with Crippen LogP contribution in [0.4, 0.5) is 0 Å². The van der Waals surface area contributed by atoms with E-state index in [0.717, 1.165) is 25.8 Å². The minimum absolute atomic E-state index is 0.0859. The highest BCUT2D eigenvalue weighted by molar-refractivity contribution is 7.89. The van der Waals surface area contributed by atoms with E-state index in [-0.39, 0.29) is 24.9 Å². The molecule has 2 fully saturated rings. The van der Waals surface area contributed by atoms with Crippen molar-refractivity contribution in [3.63, 3.8) is 0 Å². The zero-order valence-corrected chi connectivity index (χ0v) is 11.7. The molecule has 6 heteroatoms. The number of piperidine rings is 1. The third-order valence-electron chi connectivity index (χ3n) is 3.77. The molecular formula is C12H24N2O3S. The van der Waals surface area contributed by atoms with Crippen molar-refractivity contribution in [3.8, 4) is 0 Å². The van der Waals surface area contributed by atoms with Gasteiger partial charge in [0, 0.05) is 18.6 Å². The molecule has 0 aromatic carbocycles. The van der Waals surface area contributed by atoms with Gasteiger partial charge in [-0.1, -0.05) is 6.42 Å². The lowest BCUT2D eigenvalue weighted by atomic mass is 10.0. The molecule has 0 bridgehead atoms. The molecule has 0 amide bonds. The largest absolute Gasteiger partial charge is 0.395 e. The van der Waals surface area contributed by atoms with Crippen LogP contribution < -0.4 is 5.32 Å². The molecule has 1 saturated heterocycles. The molecule has 2 N–H and O–H groups in total. The molecule has 5 nitrogen and oxygen atoms in total. The molecule has 106 valence electrons. The maximum atomic E-state index is 12.2. The van der Waals surface area contributed by atoms with Crippen molar-refractivity contribution in [1.29, 1.82) is 0 Å². The minimum Gasteiger partial charge on any atom is -0.395 e. The molecule has 1 aliphatic carbocycles. The van der Waals surface area contributed by atoms with E-state index >= 15 is 0 Å². The molecule has 2 rings (SSSR count). The van der Waals surface area contributed by atoms with Crippen molar-refractivity contribution in [3.05, 3.63) is 0 Å². The van der Waals surface area contributed by atoms with Crippen LogP contribution in [0, 0.1) is 0 Å². The molecule has 0 aromatic rings. The van der Waals surface area contributed by atoms with Gasteiger partial charge in [0.15, 0.2) is 0 Å². The number of nitrogens with zero attached hydrogens (tertiary/aromatic N) is 1. The van der Waals surface area contributed by atoms with Crippen LogP contribution in [0.15, 0.2) is 0 Å². The van der Waals surface area contributed by atoms with Gasteiger partial charge in [0.2, 0.25) is 10.0 Å². The number of aliphatic hydroxyl groups is 1. The van der Waals surface area contributed by atoms with Gasteiger partial charge in [0.25, 0.3) is 0 Å². The average Bonchev–Trinajstić information content (AvgIpc) is 3.19. The number of hydrogen-bond acceptors (Lipinski definition) is 4. The Labute approximate surface area is 110 Å². The van der Waals surface area contributed by atoms with Gasteiger partial charge in [0.1, 0.15) is 0 Å². The molecular weight excluding hydrogens is 252 g/mol. The van der Waals surface area contributed by atoms with Gasteiger partial charge in [-0.15, -0.1) is 0 Å². The second-order valence-electron chi connectivity index (χ2n) is 5.32. The first-order chi connectivity index (χ1) is 8.63. The number of nitrogens with one attached hydrogen (secondary N) is 1.